The van der Waals surface area contributed by atoms with Crippen molar-refractivity contribution < 1.29 is 38.1 Å². The summed E-state index contributed by atoms with van der Waals surface area (Å²) in [6.07, 6.45) is -0.301. The summed E-state index contributed by atoms with van der Waals surface area (Å²) in [5.41, 5.74) is 3.21. The second-order valence-corrected chi connectivity index (χ2v) is 9.48. The molecule has 0 saturated heterocycles. The van der Waals surface area contributed by atoms with E-state index in [-0.39, 0.29) is 17.5 Å². The zero-order valence-corrected chi connectivity index (χ0v) is 20.5. The molecule has 0 aromatic heterocycles. The molecule has 2 aliphatic carbocycles. The Morgan fingerprint density at radius 1 is 0.875 bits per heavy atom. The van der Waals surface area contributed by atoms with Gasteiger partial charge in [0.1, 0.15) is 4.90 Å². The van der Waals surface area contributed by atoms with Crippen LogP contribution in [0.5, 0.6) is 34.5 Å². The first-order valence-electron chi connectivity index (χ1n) is 10.7. The summed E-state index contributed by atoms with van der Waals surface area (Å²) in [4.78, 5) is 24.2. The van der Waals surface area contributed by atoms with Crippen molar-refractivity contribution in [1.29, 1.82) is 10.9 Å². The third-order valence-electron chi connectivity index (χ3n) is 5.69. The van der Waals surface area contributed by atoms with Gasteiger partial charge in [-0.15, -0.1) is 5.10 Å². The molecule has 2 aromatic rings. The van der Waals surface area contributed by atoms with Crippen LogP contribution in [0.1, 0.15) is 11.1 Å². The van der Waals surface area contributed by atoms with Crippen LogP contribution in [0, 0.1) is 10.9 Å². The maximum Gasteiger partial charge on any atom is 0.342 e. The van der Waals surface area contributed by atoms with Gasteiger partial charge in [0, 0.05) is 28.7 Å². The van der Waals surface area contributed by atoms with E-state index >= 15 is 0 Å². The van der Waals surface area contributed by atoms with E-state index in [4.69, 9.17) is 15.1 Å². The van der Waals surface area contributed by atoms with Gasteiger partial charge in [0.15, 0.2) is 38.8 Å². The highest BCUT2D eigenvalue weighted by molar-refractivity contribution is 7.87. The molecule has 16 nitrogen and oxygen atoms in total. The van der Waals surface area contributed by atoms with Gasteiger partial charge in [-0.3, -0.25) is 9.59 Å². The molecular formula is C23H15N6O10S+. The number of benzene rings is 4. The number of fused-ring (bicyclic) bond motifs is 1. The summed E-state index contributed by atoms with van der Waals surface area (Å²) in [6.45, 7) is 0. The highest BCUT2D eigenvalue weighted by Gasteiger charge is 2.33. The fourth-order valence-corrected chi connectivity index (χ4v) is 5.16. The molecule has 0 heterocycles. The van der Waals surface area contributed by atoms with Gasteiger partial charge in [-0.05, 0) is 18.2 Å². The monoisotopic (exact) mass is 567 g/mol. The number of hydrogen-bond donors (Lipinski definition) is 6. The lowest BCUT2D eigenvalue weighted by molar-refractivity contribution is 0.365. The summed E-state index contributed by atoms with van der Waals surface area (Å²) in [5, 5.41) is 69.3. The second-order valence-electron chi connectivity index (χ2n) is 8.00. The van der Waals surface area contributed by atoms with Crippen molar-refractivity contribution in [3.8, 4) is 45.6 Å². The molecular weight excluding hydrogens is 552 g/mol. The Labute approximate surface area is 221 Å². The van der Waals surface area contributed by atoms with Crippen LogP contribution in [0.4, 0.5) is 0 Å². The maximum absolute atomic E-state index is 13.4. The van der Waals surface area contributed by atoms with Crippen molar-refractivity contribution >= 4 is 10.1 Å². The molecule has 0 aliphatic heterocycles. The molecule has 0 spiro atoms. The Hall–Kier alpha value is -5.89. The fourth-order valence-electron chi connectivity index (χ4n) is 3.87. The fraction of sp³-hybridized carbons (Fsp3) is 0.0435. The molecule has 4 rings (SSSR count). The number of nitrogens with zero attached hydrogens (tertiary/aromatic N) is 5. The Morgan fingerprint density at radius 2 is 1.52 bits per heavy atom. The minimum absolute atomic E-state index is 0.0226. The average molecular weight is 567 g/mol. The first-order chi connectivity index (χ1) is 18.9. The summed E-state index contributed by atoms with van der Waals surface area (Å²) >= 11 is 0. The van der Waals surface area contributed by atoms with Gasteiger partial charge in [-0.2, -0.15) is 13.9 Å². The summed E-state index contributed by atoms with van der Waals surface area (Å²) in [5.74, 6) is -4.94. The van der Waals surface area contributed by atoms with Crippen LogP contribution in [0.25, 0.3) is 16.2 Å². The van der Waals surface area contributed by atoms with E-state index in [9.17, 15) is 43.5 Å². The van der Waals surface area contributed by atoms with Crippen LogP contribution in [0.3, 0.4) is 0 Å². The number of phenolic OH excluding ortho intramolecular Hbond substituents is 5. The lowest BCUT2D eigenvalue weighted by Gasteiger charge is -2.14. The SMILES string of the molecule is N#[N+]N=c1cccc2c(=O)c(=O)c(=NN=N)c(S(=O)(=O)Oc3ccc(Cc4ccc(O)c(O)c4O)c(O)c3O)c1-2. The molecule has 202 valence electrons. The predicted molar refractivity (Wildman–Crippen MR) is 131 cm³/mol. The van der Waals surface area contributed by atoms with Crippen LogP contribution < -0.4 is 25.8 Å². The van der Waals surface area contributed by atoms with E-state index in [0.717, 1.165) is 30.3 Å². The Bertz CT molecular complexity index is 2060. The topological polar surface area (TPSA) is 268 Å². The molecule has 0 fully saturated rings. The van der Waals surface area contributed by atoms with Gasteiger partial charge in [-0.25, -0.2) is 0 Å². The van der Waals surface area contributed by atoms with Gasteiger partial charge in [0.05, 0.1) is 0 Å². The van der Waals surface area contributed by atoms with Crippen LogP contribution in [0.2, 0.25) is 0 Å². The summed E-state index contributed by atoms with van der Waals surface area (Å²) in [7, 11) is -5.23. The van der Waals surface area contributed by atoms with E-state index in [1.807, 2.05) is 0 Å². The number of hydrogen-bond acceptors (Lipinski definition) is 14. The zero-order valence-electron chi connectivity index (χ0n) is 19.7. The number of phenols is 5. The van der Waals surface area contributed by atoms with Crippen molar-refractivity contribution in [3.63, 3.8) is 0 Å². The van der Waals surface area contributed by atoms with Crippen molar-refractivity contribution in [2.24, 2.45) is 15.4 Å². The quantitative estimate of drug-likeness (QED) is 0.0473. The molecule has 0 unspecified atom stereocenters. The van der Waals surface area contributed by atoms with Gasteiger partial charge in [-0.1, -0.05) is 29.5 Å². The molecule has 0 saturated carbocycles. The van der Waals surface area contributed by atoms with Crippen molar-refractivity contribution in [2.75, 3.05) is 0 Å². The maximum atomic E-state index is 13.4. The number of nitrogens with one attached hydrogen (secondary N) is 1. The molecule has 0 amide bonds. The zero-order chi connectivity index (χ0) is 29.4. The van der Waals surface area contributed by atoms with Crippen molar-refractivity contribution in [2.45, 2.75) is 11.3 Å². The minimum Gasteiger partial charge on any atom is -0.504 e. The Kier molecular flexibility index (Phi) is 6.86. The molecule has 0 radical (unpaired) electrons. The largest absolute Gasteiger partial charge is 0.504 e. The van der Waals surface area contributed by atoms with Crippen LogP contribution in [-0.4, -0.2) is 34.0 Å². The van der Waals surface area contributed by atoms with Gasteiger partial charge >= 0.3 is 15.2 Å². The molecule has 17 heteroatoms. The van der Waals surface area contributed by atoms with E-state index in [1.54, 1.807) is 0 Å². The average Bonchev–Trinajstić information content (AvgIpc) is 2.92. The van der Waals surface area contributed by atoms with Crippen LogP contribution in [0.15, 0.2) is 72.4 Å². The normalized spacial score (nSPS) is 12.4. The molecule has 2 aromatic carbocycles. The van der Waals surface area contributed by atoms with E-state index in [0.29, 0.717) is 0 Å². The molecule has 6 N–H and O–H groups in total. The lowest BCUT2D eigenvalue weighted by Crippen LogP contribution is -2.45. The standard InChI is InChI=1S/C23H14N6O10S/c24-28-26-12-3-1-2-11-15(12)23(16(27-29-25)22(36)19(11)33)40(37,38)39-14-7-5-10(18(32)21(14)35)8-9-4-6-13(30)20(34)17(9)31/h1-7H,8H2,(H5,24,25,26,27,28,29,30,31,32,33,34,35,36)/p+1. The summed E-state index contributed by atoms with van der Waals surface area (Å²) < 4.78 is 31.9. The van der Waals surface area contributed by atoms with E-state index in [1.165, 1.54) is 12.1 Å². The Morgan fingerprint density at radius 3 is 2.17 bits per heavy atom. The third-order valence-corrected chi connectivity index (χ3v) is 6.99. The second kappa shape index (κ2) is 10.1. The highest BCUT2D eigenvalue weighted by atomic mass is 32.2. The minimum atomic E-state index is -5.23. The van der Waals surface area contributed by atoms with E-state index < -0.39 is 82.2 Å². The van der Waals surface area contributed by atoms with Crippen LogP contribution >= 0.6 is 0 Å². The molecule has 40 heavy (non-hydrogen) atoms. The first kappa shape index (κ1) is 27.2. The third kappa shape index (κ3) is 4.50. The Balaban J connectivity index is 1.89. The first-order valence-corrected chi connectivity index (χ1v) is 12.1. The predicted octanol–water partition coefficient (Wildman–Crippen LogP) is 0.789. The van der Waals surface area contributed by atoms with E-state index in [2.05, 4.69) is 20.5 Å². The summed E-state index contributed by atoms with van der Waals surface area (Å²) in [6, 6.07) is 7.78. The van der Waals surface area contributed by atoms with Crippen molar-refractivity contribution in [1.82, 2.24) is 0 Å². The number of aromatic hydroxyl groups is 5. The van der Waals surface area contributed by atoms with Gasteiger partial charge < -0.3 is 29.7 Å². The number of rotatable bonds is 6. The molecule has 0 atom stereocenters. The van der Waals surface area contributed by atoms with Crippen LogP contribution in [-0.2, 0) is 16.5 Å². The smallest absolute Gasteiger partial charge is 0.342 e. The van der Waals surface area contributed by atoms with Gasteiger partial charge in [0.2, 0.25) is 16.9 Å². The molecule has 0 bridgehead atoms. The van der Waals surface area contributed by atoms with Gasteiger partial charge in [0.25, 0.3) is 10.8 Å². The lowest BCUT2D eigenvalue weighted by atomic mass is 10.0. The van der Waals surface area contributed by atoms with Crippen molar-refractivity contribution in [3.05, 3.63) is 89.8 Å². The molecule has 2 aliphatic rings. The number of diazo groups is 1. The highest BCUT2D eigenvalue weighted by Crippen LogP contribution is 2.43.